The van der Waals surface area contributed by atoms with Gasteiger partial charge >= 0.3 is 0 Å². The van der Waals surface area contributed by atoms with Gasteiger partial charge in [0.1, 0.15) is 5.75 Å². The van der Waals surface area contributed by atoms with E-state index in [1.165, 1.54) is 0 Å². The molecule has 112 valence electrons. The average Bonchev–Trinajstić information content (AvgIpc) is 2.44. The third-order valence-corrected chi connectivity index (χ3v) is 3.28. The number of nitrogens with zero attached hydrogens (tertiary/aromatic N) is 1. The van der Waals surface area contributed by atoms with E-state index in [0.717, 1.165) is 12.2 Å². The molecular formula is C15H23ClN2O2. The minimum atomic E-state index is 0.00202. The maximum absolute atomic E-state index is 12.0. The average molecular weight is 299 g/mol. The van der Waals surface area contributed by atoms with Crippen molar-refractivity contribution < 1.29 is 9.53 Å². The molecule has 0 fully saturated rings. The predicted octanol–water partition coefficient (Wildman–Crippen LogP) is 2.42. The monoisotopic (exact) mass is 298 g/mol. The molecule has 20 heavy (non-hydrogen) atoms. The zero-order valence-corrected chi connectivity index (χ0v) is 13.1. The Balaban J connectivity index is 2.23. The number of hydrogen-bond donors (Lipinski definition) is 1. The highest BCUT2D eigenvalue weighted by Gasteiger charge is 2.15. The minimum Gasteiger partial charge on any atom is -0.494 e. The van der Waals surface area contributed by atoms with Crippen LogP contribution in [0.1, 0.15) is 13.3 Å². The number of nitrogens with one attached hydrogen (secondary N) is 1. The molecule has 0 aliphatic carbocycles. The van der Waals surface area contributed by atoms with Crippen LogP contribution in [0.2, 0.25) is 5.02 Å². The maximum atomic E-state index is 12.0. The molecule has 1 unspecified atom stereocenters. The fourth-order valence-corrected chi connectivity index (χ4v) is 2.03. The van der Waals surface area contributed by atoms with Gasteiger partial charge in [0.25, 0.3) is 0 Å². The van der Waals surface area contributed by atoms with Crippen molar-refractivity contribution in [2.75, 3.05) is 33.8 Å². The Bertz CT molecular complexity index is 409. The van der Waals surface area contributed by atoms with Gasteiger partial charge in [-0.25, -0.2) is 0 Å². The summed E-state index contributed by atoms with van der Waals surface area (Å²) in [5.74, 6) is 0.958. The zero-order chi connectivity index (χ0) is 15.0. The first kappa shape index (κ1) is 16.8. The molecule has 1 N–H and O–H groups in total. The normalized spacial score (nSPS) is 12.0. The maximum Gasteiger partial charge on any atom is 0.226 e. The van der Waals surface area contributed by atoms with Crippen molar-refractivity contribution in [3.8, 4) is 5.75 Å². The van der Waals surface area contributed by atoms with E-state index < -0.39 is 0 Å². The predicted molar refractivity (Wildman–Crippen MR) is 82.3 cm³/mol. The van der Waals surface area contributed by atoms with Crippen molar-refractivity contribution in [2.45, 2.75) is 13.3 Å². The summed E-state index contributed by atoms with van der Waals surface area (Å²) in [6.45, 7) is 3.91. The highest BCUT2D eigenvalue weighted by atomic mass is 35.5. The largest absolute Gasteiger partial charge is 0.494 e. The van der Waals surface area contributed by atoms with Crippen LogP contribution in [0.3, 0.4) is 0 Å². The molecule has 1 aromatic carbocycles. The van der Waals surface area contributed by atoms with Crippen molar-refractivity contribution >= 4 is 17.5 Å². The lowest BCUT2D eigenvalue weighted by Gasteiger charge is -2.21. The summed E-state index contributed by atoms with van der Waals surface area (Å²) in [4.78, 5) is 13.7. The van der Waals surface area contributed by atoms with Gasteiger partial charge in [-0.05, 0) is 37.7 Å². The summed E-state index contributed by atoms with van der Waals surface area (Å²) in [6.07, 6.45) is 0.803. The molecule has 0 heterocycles. The van der Waals surface area contributed by atoms with Gasteiger partial charge in [-0.1, -0.05) is 18.5 Å². The Kier molecular flexibility index (Phi) is 7.41. The van der Waals surface area contributed by atoms with E-state index in [9.17, 15) is 4.79 Å². The lowest BCUT2D eigenvalue weighted by Crippen LogP contribution is -2.36. The summed E-state index contributed by atoms with van der Waals surface area (Å²) in [5, 5.41) is 3.71. The third kappa shape index (κ3) is 5.80. The zero-order valence-electron chi connectivity index (χ0n) is 12.4. The lowest BCUT2D eigenvalue weighted by atomic mass is 10.1. The lowest BCUT2D eigenvalue weighted by molar-refractivity contribution is -0.133. The summed E-state index contributed by atoms with van der Waals surface area (Å²) >= 11 is 5.80. The van der Waals surface area contributed by atoms with Crippen molar-refractivity contribution in [2.24, 2.45) is 5.92 Å². The molecule has 0 aromatic heterocycles. The van der Waals surface area contributed by atoms with Crippen molar-refractivity contribution in [3.63, 3.8) is 0 Å². The summed E-state index contributed by atoms with van der Waals surface area (Å²) in [6, 6.07) is 7.27. The highest BCUT2D eigenvalue weighted by Crippen LogP contribution is 2.15. The first-order valence-electron chi connectivity index (χ1n) is 6.82. The van der Waals surface area contributed by atoms with Crippen molar-refractivity contribution in [3.05, 3.63) is 29.3 Å². The van der Waals surface area contributed by atoms with Crippen LogP contribution in [0.15, 0.2) is 24.3 Å². The van der Waals surface area contributed by atoms with Crippen molar-refractivity contribution in [1.82, 2.24) is 10.2 Å². The van der Waals surface area contributed by atoms with Crippen LogP contribution < -0.4 is 10.1 Å². The van der Waals surface area contributed by atoms with Crippen molar-refractivity contribution in [1.29, 1.82) is 0 Å². The van der Waals surface area contributed by atoms with Gasteiger partial charge < -0.3 is 15.0 Å². The Morgan fingerprint density at radius 1 is 1.40 bits per heavy atom. The van der Waals surface area contributed by atoms with Crippen LogP contribution >= 0.6 is 11.6 Å². The second-order valence-corrected chi connectivity index (χ2v) is 5.31. The number of hydrogen-bond acceptors (Lipinski definition) is 3. The van der Waals surface area contributed by atoms with E-state index in [-0.39, 0.29) is 11.8 Å². The van der Waals surface area contributed by atoms with E-state index in [0.29, 0.717) is 24.7 Å². The van der Waals surface area contributed by atoms with E-state index in [1.54, 1.807) is 17.0 Å². The number of benzene rings is 1. The first-order valence-corrected chi connectivity index (χ1v) is 7.20. The van der Waals surface area contributed by atoms with Crippen LogP contribution in [0.25, 0.3) is 0 Å². The van der Waals surface area contributed by atoms with E-state index >= 15 is 0 Å². The van der Waals surface area contributed by atoms with Gasteiger partial charge in [0.2, 0.25) is 5.91 Å². The molecular weight excluding hydrogens is 276 g/mol. The topological polar surface area (TPSA) is 41.6 Å². The van der Waals surface area contributed by atoms with Gasteiger partial charge in [0, 0.05) is 31.1 Å². The molecule has 1 aromatic rings. The molecule has 0 aliphatic rings. The van der Waals surface area contributed by atoms with Crippen LogP contribution in [0.4, 0.5) is 0 Å². The fourth-order valence-electron chi connectivity index (χ4n) is 1.90. The highest BCUT2D eigenvalue weighted by molar-refractivity contribution is 6.30. The van der Waals surface area contributed by atoms with E-state index in [4.69, 9.17) is 16.3 Å². The van der Waals surface area contributed by atoms with Gasteiger partial charge in [0.15, 0.2) is 0 Å². The second kappa shape index (κ2) is 8.82. The van der Waals surface area contributed by atoms with E-state index in [2.05, 4.69) is 5.32 Å². The van der Waals surface area contributed by atoms with Gasteiger partial charge in [-0.2, -0.15) is 0 Å². The summed E-state index contributed by atoms with van der Waals surface area (Å²) in [5.41, 5.74) is 0. The molecule has 0 saturated heterocycles. The Morgan fingerprint density at radius 3 is 2.65 bits per heavy atom. The molecule has 0 aliphatic heterocycles. The van der Waals surface area contributed by atoms with Crippen LogP contribution in [-0.4, -0.2) is 44.6 Å². The Morgan fingerprint density at radius 2 is 2.05 bits per heavy atom. The van der Waals surface area contributed by atoms with E-state index in [1.807, 2.05) is 33.2 Å². The second-order valence-electron chi connectivity index (χ2n) is 4.87. The third-order valence-electron chi connectivity index (χ3n) is 3.03. The summed E-state index contributed by atoms with van der Waals surface area (Å²) in [7, 11) is 3.68. The minimum absolute atomic E-state index is 0.00202. The quantitative estimate of drug-likeness (QED) is 0.750. The van der Waals surface area contributed by atoms with Crippen LogP contribution in [0, 0.1) is 5.92 Å². The van der Waals surface area contributed by atoms with Gasteiger partial charge in [0.05, 0.1) is 6.61 Å². The molecule has 0 saturated carbocycles. The fraction of sp³-hybridized carbons (Fsp3) is 0.533. The molecule has 0 spiro atoms. The van der Waals surface area contributed by atoms with Crippen LogP contribution in [-0.2, 0) is 4.79 Å². The summed E-state index contributed by atoms with van der Waals surface area (Å²) < 4.78 is 5.59. The van der Waals surface area contributed by atoms with Gasteiger partial charge in [-0.3, -0.25) is 4.79 Å². The number of rotatable bonds is 8. The Hall–Kier alpha value is -1.26. The first-order chi connectivity index (χ1) is 9.54. The SMILES string of the molecule is CNCC(C)C(=O)N(C)CCCOc1ccc(Cl)cc1. The molecule has 0 bridgehead atoms. The standard InChI is InChI=1S/C15H23ClN2O2/c1-12(11-17-2)15(19)18(3)9-4-10-20-14-7-5-13(16)6-8-14/h5-8,12,17H,4,9-11H2,1-3H3. The molecule has 4 nitrogen and oxygen atoms in total. The molecule has 1 amide bonds. The Labute approximate surface area is 126 Å². The number of carbonyl (C=O) groups is 1. The molecule has 1 atom stereocenters. The smallest absolute Gasteiger partial charge is 0.226 e. The molecule has 1 rings (SSSR count). The van der Waals surface area contributed by atoms with Crippen LogP contribution in [0.5, 0.6) is 5.75 Å². The van der Waals surface area contributed by atoms with Gasteiger partial charge in [-0.15, -0.1) is 0 Å². The number of carbonyl (C=O) groups excluding carboxylic acids is 1. The molecule has 0 radical (unpaired) electrons. The number of halogens is 1. The number of ether oxygens (including phenoxy) is 1. The number of amides is 1. The molecule has 5 heteroatoms.